The number of carboxylic acids is 1. The molecule has 0 saturated carbocycles. The highest BCUT2D eigenvalue weighted by molar-refractivity contribution is 7.97. The van der Waals surface area contributed by atoms with E-state index in [0.717, 1.165) is 0 Å². The number of carbonyl (C=O) groups is 2. The minimum absolute atomic E-state index is 0.0510. The summed E-state index contributed by atoms with van der Waals surface area (Å²) in [5.74, 6) is -1.58. The first-order chi connectivity index (χ1) is 6.11. The van der Waals surface area contributed by atoms with Gasteiger partial charge in [0.2, 0.25) is 5.91 Å². The third-order valence-corrected chi connectivity index (χ3v) is 1.84. The molecule has 0 aromatic rings. The number of nitroso groups, excluding NO2 is 1. The van der Waals surface area contributed by atoms with E-state index in [4.69, 9.17) is 5.11 Å². The molecule has 6 nitrogen and oxygen atoms in total. The third kappa shape index (κ3) is 5.18. The Labute approximate surface area is 79.2 Å². The lowest BCUT2D eigenvalue weighted by molar-refractivity contribution is -0.141. The van der Waals surface area contributed by atoms with Crippen molar-refractivity contribution in [1.82, 2.24) is 5.32 Å². The van der Waals surface area contributed by atoms with Crippen molar-refractivity contribution in [1.29, 1.82) is 0 Å². The minimum atomic E-state index is -1.17. The summed E-state index contributed by atoms with van der Waals surface area (Å²) >= 11 is 0.571. The fourth-order valence-corrected chi connectivity index (χ4v) is 1.01. The summed E-state index contributed by atoms with van der Waals surface area (Å²) in [6, 6.07) is -1.05. The van der Waals surface area contributed by atoms with Crippen molar-refractivity contribution in [3.8, 4) is 0 Å². The van der Waals surface area contributed by atoms with E-state index < -0.39 is 12.0 Å². The van der Waals surface area contributed by atoms with Gasteiger partial charge < -0.3 is 10.4 Å². The number of hydrogen-bond donors (Lipinski definition) is 2. The summed E-state index contributed by atoms with van der Waals surface area (Å²) in [7, 11) is 0. The van der Waals surface area contributed by atoms with E-state index in [1.807, 2.05) is 0 Å². The molecule has 2 N–H and O–H groups in total. The van der Waals surface area contributed by atoms with E-state index >= 15 is 0 Å². The molecule has 0 aliphatic rings. The first-order valence-electron chi connectivity index (χ1n) is 3.58. The number of aliphatic carboxylic acids is 1. The van der Waals surface area contributed by atoms with E-state index in [2.05, 4.69) is 9.90 Å². The fraction of sp³-hybridized carbons (Fsp3) is 0.667. The molecule has 0 fully saturated rings. The van der Waals surface area contributed by atoms with Crippen LogP contribution in [0.2, 0.25) is 0 Å². The van der Waals surface area contributed by atoms with Crippen molar-refractivity contribution in [2.75, 3.05) is 5.75 Å². The van der Waals surface area contributed by atoms with Crippen molar-refractivity contribution >= 4 is 23.8 Å². The standard InChI is InChI=1S/C6H10N2O4S/c1-2-5(9)7-4(6(10)11)3-13-8-12/h4H,2-3H2,1H3,(H,7,9)(H,10,11). The van der Waals surface area contributed by atoms with Crippen LogP contribution in [0.15, 0.2) is 4.58 Å². The van der Waals surface area contributed by atoms with Crippen molar-refractivity contribution < 1.29 is 14.7 Å². The normalized spacial score (nSPS) is 11.8. The van der Waals surface area contributed by atoms with Crippen LogP contribution >= 0.6 is 11.9 Å². The van der Waals surface area contributed by atoms with Crippen LogP contribution in [0.3, 0.4) is 0 Å². The molecule has 0 aromatic heterocycles. The van der Waals surface area contributed by atoms with Gasteiger partial charge in [0.1, 0.15) is 6.04 Å². The van der Waals surface area contributed by atoms with Crippen molar-refractivity contribution in [3.05, 3.63) is 4.91 Å². The topological polar surface area (TPSA) is 95.8 Å². The molecule has 74 valence electrons. The Hall–Kier alpha value is -1.11. The van der Waals surface area contributed by atoms with Gasteiger partial charge in [0, 0.05) is 28.7 Å². The second-order valence-electron chi connectivity index (χ2n) is 2.18. The van der Waals surface area contributed by atoms with Crippen molar-refractivity contribution in [3.63, 3.8) is 0 Å². The SMILES string of the molecule is CCC(=O)NC(CSN=O)C(=O)O. The van der Waals surface area contributed by atoms with Gasteiger partial charge in [-0.2, -0.15) is 0 Å². The zero-order valence-corrected chi connectivity index (χ0v) is 7.84. The van der Waals surface area contributed by atoms with Gasteiger partial charge >= 0.3 is 5.97 Å². The first-order valence-corrected chi connectivity index (χ1v) is 4.52. The van der Waals surface area contributed by atoms with E-state index in [1.54, 1.807) is 6.92 Å². The summed E-state index contributed by atoms with van der Waals surface area (Å²) in [4.78, 5) is 31.0. The van der Waals surface area contributed by atoms with Gasteiger partial charge in [0.15, 0.2) is 0 Å². The molecule has 1 unspecified atom stereocenters. The summed E-state index contributed by atoms with van der Waals surface area (Å²) in [5, 5.41) is 10.8. The molecule has 13 heavy (non-hydrogen) atoms. The summed E-state index contributed by atoms with van der Waals surface area (Å²) in [5.41, 5.74) is 0. The fourth-order valence-electron chi connectivity index (χ4n) is 0.576. The average molecular weight is 206 g/mol. The van der Waals surface area contributed by atoms with Gasteiger partial charge in [-0.1, -0.05) is 6.92 Å². The quantitative estimate of drug-likeness (QED) is 0.483. The Morgan fingerprint density at radius 1 is 1.62 bits per heavy atom. The molecule has 0 saturated heterocycles. The highest BCUT2D eigenvalue weighted by atomic mass is 32.2. The second kappa shape index (κ2) is 6.41. The van der Waals surface area contributed by atoms with Gasteiger partial charge in [-0.25, -0.2) is 4.79 Å². The lowest BCUT2D eigenvalue weighted by atomic mass is 10.3. The molecule has 0 aliphatic carbocycles. The maximum atomic E-state index is 10.8. The first kappa shape index (κ1) is 11.9. The maximum absolute atomic E-state index is 10.8. The largest absolute Gasteiger partial charge is 0.480 e. The predicted octanol–water partition coefficient (Wildman–Crippen LogP) is 0.380. The lowest BCUT2D eigenvalue weighted by Gasteiger charge is -2.10. The van der Waals surface area contributed by atoms with Gasteiger partial charge in [-0.15, -0.1) is 4.91 Å². The van der Waals surface area contributed by atoms with Crippen LogP contribution < -0.4 is 5.32 Å². The van der Waals surface area contributed by atoms with Crippen LogP contribution in [-0.2, 0) is 9.59 Å². The lowest BCUT2D eigenvalue weighted by Crippen LogP contribution is -2.42. The molecule has 0 heterocycles. The Kier molecular flexibility index (Phi) is 5.86. The number of hydrogen-bond acceptors (Lipinski definition) is 5. The summed E-state index contributed by atoms with van der Waals surface area (Å²) in [6.45, 7) is 1.61. The van der Waals surface area contributed by atoms with Crippen molar-refractivity contribution in [2.45, 2.75) is 19.4 Å². The molecule has 0 spiro atoms. The zero-order valence-electron chi connectivity index (χ0n) is 7.02. The Morgan fingerprint density at radius 2 is 2.23 bits per heavy atom. The molecular weight excluding hydrogens is 196 g/mol. The molecule has 1 atom stereocenters. The van der Waals surface area contributed by atoms with Gasteiger partial charge in [-0.05, 0) is 0 Å². The van der Waals surface area contributed by atoms with E-state index in [9.17, 15) is 14.5 Å². The number of nitrogens with one attached hydrogen (secondary N) is 1. The van der Waals surface area contributed by atoms with Gasteiger partial charge in [-0.3, -0.25) is 4.79 Å². The highest BCUT2D eigenvalue weighted by Crippen LogP contribution is 2.03. The number of carbonyl (C=O) groups excluding carboxylic acids is 1. The van der Waals surface area contributed by atoms with Crippen LogP contribution in [0, 0.1) is 4.91 Å². The molecule has 0 radical (unpaired) electrons. The Balaban J connectivity index is 4.01. The van der Waals surface area contributed by atoms with Crippen LogP contribution in [-0.4, -0.2) is 28.8 Å². The Morgan fingerprint density at radius 3 is 2.62 bits per heavy atom. The summed E-state index contributed by atoms with van der Waals surface area (Å²) in [6.07, 6.45) is 0.211. The number of rotatable bonds is 6. The molecule has 0 aliphatic heterocycles. The molecule has 0 aromatic carbocycles. The average Bonchev–Trinajstić information content (AvgIpc) is 2.11. The molecular formula is C6H10N2O4S. The number of amides is 1. The van der Waals surface area contributed by atoms with E-state index in [-0.39, 0.29) is 18.1 Å². The van der Waals surface area contributed by atoms with Gasteiger partial charge in [0.25, 0.3) is 0 Å². The van der Waals surface area contributed by atoms with Crippen LogP contribution in [0.1, 0.15) is 13.3 Å². The Bertz CT molecular complexity index is 209. The molecule has 0 rings (SSSR count). The highest BCUT2D eigenvalue weighted by Gasteiger charge is 2.19. The van der Waals surface area contributed by atoms with Crippen LogP contribution in [0.25, 0.3) is 0 Å². The monoisotopic (exact) mass is 206 g/mol. The minimum Gasteiger partial charge on any atom is -0.480 e. The smallest absolute Gasteiger partial charge is 0.327 e. The van der Waals surface area contributed by atoms with E-state index in [0.29, 0.717) is 11.9 Å². The van der Waals surface area contributed by atoms with Gasteiger partial charge in [0.05, 0.1) is 0 Å². The van der Waals surface area contributed by atoms with E-state index in [1.165, 1.54) is 0 Å². The molecule has 7 heteroatoms. The van der Waals surface area contributed by atoms with Crippen LogP contribution in [0.5, 0.6) is 0 Å². The molecule has 1 amide bonds. The predicted molar refractivity (Wildman–Crippen MR) is 48.1 cm³/mol. The maximum Gasteiger partial charge on any atom is 0.327 e. The second-order valence-corrected chi connectivity index (χ2v) is 2.92. The summed E-state index contributed by atoms with van der Waals surface area (Å²) < 4.78 is 2.44. The van der Waals surface area contributed by atoms with Crippen LogP contribution in [0.4, 0.5) is 0 Å². The number of nitrogens with zero attached hydrogens (tertiary/aromatic N) is 1. The van der Waals surface area contributed by atoms with Crippen molar-refractivity contribution in [2.24, 2.45) is 4.58 Å². The third-order valence-electron chi connectivity index (χ3n) is 1.25. The zero-order chi connectivity index (χ0) is 10.3. The molecule has 0 bridgehead atoms. The number of carboxylic acid groups (broad SMARTS) is 1.